The molecule has 134 valence electrons. The zero-order chi connectivity index (χ0) is 18.6. The van der Waals surface area contributed by atoms with Crippen LogP contribution in [0.1, 0.15) is 33.3 Å². The van der Waals surface area contributed by atoms with Gasteiger partial charge in [0, 0.05) is 5.56 Å². The van der Waals surface area contributed by atoms with E-state index in [4.69, 9.17) is 9.47 Å². The van der Waals surface area contributed by atoms with E-state index in [2.05, 4.69) is 0 Å². The van der Waals surface area contributed by atoms with E-state index in [1.54, 1.807) is 32.1 Å². The molecular weight excluding hydrogens is 342 g/mol. The van der Waals surface area contributed by atoms with Gasteiger partial charge in [-0.05, 0) is 51.6 Å². The fourth-order valence-electron chi connectivity index (χ4n) is 2.17. The van der Waals surface area contributed by atoms with Gasteiger partial charge < -0.3 is 9.47 Å². The summed E-state index contributed by atoms with van der Waals surface area (Å²) < 4.78 is 10.7. The maximum atomic E-state index is 12.4. The van der Waals surface area contributed by atoms with E-state index in [0.29, 0.717) is 11.3 Å². The Morgan fingerprint density at radius 3 is 2.48 bits per heavy atom. The van der Waals surface area contributed by atoms with E-state index in [0.717, 1.165) is 16.7 Å². The maximum Gasteiger partial charge on any atom is 0.326 e. The zero-order valence-corrected chi connectivity index (χ0v) is 15.5. The summed E-state index contributed by atoms with van der Waals surface area (Å²) in [5.41, 5.74) is 0.700. The Bertz CT molecular complexity index is 711. The van der Waals surface area contributed by atoms with Gasteiger partial charge in [0.25, 0.3) is 11.1 Å². The summed E-state index contributed by atoms with van der Waals surface area (Å²) in [5.74, 6) is -0.485. The molecule has 0 saturated carbocycles. The number of thioether (sulfide) groups is 1. The molecule has 0 bridgehead atoms. The molecule has 1 aliphatic heterocycles. The highest BCUT2D eigenvalue weighted by atomic mass is 32.2. The van der Waals surface area contributed by atoms with E-state index < -0.39 is 17.1 Å². The van der Waals surface area contributed by atoms with Gasteiger partial charge in [-0.1, -0.05) is 18.2 Å². The van der Waals surface area contributed by atoms with Gasteiger partial charge in [-0.3, -0.25) is 19.3 Å². The van der Waals surface area contributed by atoms with Crippen LogP contribution in [0.4, 0.5) is 4.79 Å². The third-order valence-electron chi connectivity index (χ3n) is 3.10. The molecule has 25 heavy (non-hydrogen) atoms. The normalized spacial score (nSPS) is 16.2. The Hall–Kier alpha value is -2.28. The molecule has 1 fully saturated rings. The highest BCUT2D eigenvalue weighted by Gasteiger charge is 2.36. The van der Waals surface area contributed by atoms with Crippen LogP contribution in [0.25, 0.3) is 6.08 Å². The van der Waals surface area contributed by atoms with Crippen molar-refractivity contribution >= 4 is 35.0 Å². The number of esters is 1. The minimum atomic E-state index is -0.609. The Labute approximate surface area is 151 Å². The van der Waals surface area contributed by atoms with Crippen LogP contribution in [0.15, 0.2) is 29.2 Å². The van der Waals surface area contributed by atoms with Gasteiger partial charge in [0.05, 0.1) is 17.1 Å². The van der Waals surface area contributed by atoms with Gasteiger partial charge >= 0.3 is 5.97 Å². The topological polar surface area (TPSA) is 72.9 Å². The molecule has 0 aromatic heterocycles. The summed E-state index contributed by atoms with van der Waals surface area (Å²) in [5, 5.41) is -0.487. The number of amides is 2. The monoisotopic (exact) mass is 363 g/mol. The predicted octanol–water partition coefficient (Wildman–Crippen LogP) is 3.46. The standard InChI is InChI=1S/C18H21NO5S/c1-11(2)23-14-8-6-5-7-13(14)9-15-17(21)19(18(22)25-15)10-16(20)24-12(3)4/h5-9,11-12H,10H2,1-4H3/b15-9-. The van der Waals surface area contributed by atoms with Crippen molar-refractivity contribution in [1.82, 2.24) is 4.90 Å². The van der Waals surface area contributed by atoms with Crippen LogP contribution >= 0.6 is 11.8 Å². The van der Waals surface area contributed by atoms with Crippen LogP contribution in [0.2, 0.25) is 0 Å². The zero-order valence-electron chi connectivity index (χ0n) is 14.6. The lowest BCUT2D eigenvalue weighted by Crippen LogP contribution is -2.35. The van der Waals surface area contributed by atoms with Crippen molar-refractivity contribution in [2.24, 2.45) is 0 Å². The van der Waals surface area contributed by atoms with Crippen LogP contribution in [0.5, 0.6) is 5.75 Å². The van der Waals surface area contributed by atoms with Crippen molar-refractivity contribution in [3.63, 3.8) is 0 Å². The van der Waals surface area contributed by atoms with Crippen LogP contribution in [-0.4, -0.2) is 40.8 Å². The minimum Gasteiger partial charge on any atom is -0.490 e. The highest BCUT2D eigenvalue weighted by Crippen LogP contribution is 2.34. The number of benzene rings is 1. The molecule has 7 heteroatoms. The van der Waals surface area contributed by atoms with E-state index in [9.17, 15) is 14.4 Å². The van der Waals surface area contributed by atoms with Gasteiger partial charge in [-0.15, -0.1) is 0 Å². The van der Waals surface area contributed by atoms with Crippen molar-refractivity contribution in [2.75, 3.05) is 6.54 Å². The Balaban J connectivity index is 2.19. The van der Waals surface area contributed by atoms with Crippen LogP contribution in [0.3, 0.4) is 0 Å². The molecule has 0 radical (unpaired) electrons. The summed E-state index contributed by atoms with van der Waals surface area (Å²) >= 11 is 0.800. The first-order valence-corrected chi connectivity index (χ1v) is 8.80. The molecule has 0 unspecified atom stereocenters. The lowest BCUT2D eigenvalue weighted by atomic mass is 10.2. The Kier molecular flexibility index (Phi) is 6.25. The van der Waals surface area contributed by atoms with Crippen LogP contribution in [-0.2, 0) is 14.3 Å². The quantitative estimate of drug-likeness (QED) is 0.569. The third-order valence-corrected chi connectivity index (χ3v) is 4.00. The Morgan fingerprint density at radius 1 is 1.16 bits per heavy atom. The summed E-state index contributed by atoms with van der Waals surface area (Å²) in [6, 6.07) is 7.26. The number of carbonyl (C=O) groups is 3. The minimum absolute atomic E-state index is 0.0181. The van der Waals surface area contributed by atoms with Crippen molar-refractivity contribution in [2.45, 2.75) is 39.9 Å². The number of nitrogens with zero attached hydrogens (tertiary/aromatic N) is 1. The number of hydrogen-bond acceptors (Lipinski definition) is 6. The van der Waals surface area contributed by atoms with Gasteiger partial charge in [0.2, 0.25) is 0 Å². The molecule has 0 aliphatic carbocycles. The lowest BCUT2D eigenvalue weighted by Gasteiger charge is -2.13. The first-order valence-electron chi connectivity index (χ1n) is 7.98. The van der Waals surface area contributed by atoms with E-state index in [1.807, 2.05) is 26.0 Å². The molecular formula is C18H21NO5S. The molecule has 0 atom stereocenters. The van der Waals surface area contributed by atoms with Crippen LogP contribution < -0.4 is 4.74 Å². The predicted molar refractivity (Wildman–Crippen MR) is 96.1 cm³/mol. The first kappa shape index (κ1) is 19.1. The van der Waals surface area contributed by atoms with E-state index in [1.165, 1.54) is 0 Å². The molecule has 0 N–H and O–H groups in total. The summed E-state index contributed by atoms with van der Waals surface area (Å²) in [6.07, 6.45) is 1.29. The van der Waals surface area contributed by atoms with E-state index in [-0.39, 0.29) is 23.7 Å². The number of ether oxygens (including phenoxy) is 2. The number of carbonyl (C=O) groups excluding carboxylic acids is 3. The third kappa shape index (κ3) is 5.09. The number of rotatable bonds is 6. The lowest BCUT2D eigenvalue weighted by molar-refractivity contribution is -0.149. The second-order valence-corrected chi connectivity index (χ2v) is 7.00. The van der Waals surface area contributed by atoms with Gasteiger partial charge in [-0.25, -0.2) is 0 Å². The molecule has 2 amide bonds. The second-order valence-electron chi connectivity index (χ2n) is 6.01. The van der Waals surface area contributed by atoms with E-state index >= 15 is 0 Å². The summed E-state index contributed by atoms with van der Waals surface area (Å²) in [6.45, 7) is 6.84. The number of imide groups is 1. The van der Waals surface area contributed by atoms with Crippen molar-refractivity contribution in [1.29, 1.82) is 0 Å². The average molecular weight is 363 g/mol. The largest absolute Gasteiger partial charge is 0.490 e. The Morgan fingerprint density at radius 2 is 1.84 bits per heavy atom. The van der Waals surface area contributed by atoms with Crippen molar-refractivity contribution in [3.05, 3.63) is 34.7 Å². The molecule has 6 nitrogen and oxygen atoms in total. The molecule has 1 heterocycles. The number of hydrogen-bond donors (Lipinski definition) is 0. The first-order chi connectivity index (χ1) is 11.8. The number of para-hydroxylation sites is 1. The fraction of sp³-hybridized carbons (Fsp3) is 0.389. The average Bonchev–Trinajstić information content (AvgIpc) is 2.75. The highest BCUT2D eigenvalue weighted by molar-refractivity contribution is 8.18. The molecule has 0 spiro atoms. The molecule has 1 saturated heterocycles. The fourth-order valence-corrected chi connectivity index (χ4v) is 3.00. The summed E-state index contributed by atoms with van der Waals surface area (Å²) in [4.78, 5) is 37.4. The second kappa shape index (κ2) is 8.20. The summed E-state index contributed by atoms with van der Waals surface area (Å²) in [7, 11) is 0. The molecule has 2 rings (SSSR count). The van der Waals surface area contributed by atoms with Gasteiger partial charge in [0.1, 0.15) is 12.3 Å². The van der Waals surface area contributed by atoms with Gasteiger partial charge in [-0.2, -0.15) is 0 Å². The maximum absolute atomic E-state index is 12.4. The molecule has 1 aromatic rings. The van der Waals surface area contributed by atoms with Gasteiger partial charge in [0.15, 0.2) is 0 Å². The van der Waals surface area contributed by atoms with Crippen molar-refractivity contribution < 1.29 is 23.9 Å². The van der Waals surface area contributed by atoms with Crippen molar-refractivity contribution in [3.8, 4) is 5.75 Å². The molecule has 1 aromatic carbocycles. The SMILES string of the molecule is CC(C)OC(=O)CN1C(=O)S/C(=C\c2ccccc2OC(C)C)C1=O. The smallest absolute Gasteiger partial charge is 0.326 e. The van der Waals surface area contributed by atoms with Crippen LogP contribution in [0, 0.1) is 0 Å². The molecule has 1 aliphatic rings.